The second-order valence-electron chi connectivity index (χ2n) is 3.88. The largest absolute Gasteiger partial charge is 0.347 e. The number of hydrogen-bond donors (Lipinski definition) is 2. The van der Waals surface area contributed by atoms with Crippen molar-refractivity contribution in [2.24, 2.45) is 0 Å². The Hall–Kier alpha value is -2.18. The van der Waals surface area contributed by atoms with Crippen LogP contribution < -0.4 is 5.32 Å². The normalized spacial score (nSPS) is 10.5. The Balaban J connectivity index is 1.80. The molecule has 2 aromatic heterocycles. The van der Waals surface area contributed by atoms with Crippen LogP contribution in [0.5, 0.6) is 0 Å². The summed E-state index contributed by atoms with van der Waals surface area (Å²) in [5, 5.41) is 13.4. The third-order valence-electron chi connectivity index (χ3n) is 2.41. The number of aromatic amines is 1. The standard InChI is InChI=1S/C11H16N6O/c1-2-4-9-14-10(16-15-9)11(18)12-6-8-17-7-3-5-13-17/h3,5,7H,2,4,6,8H2,1H3,(H,12,18)(H,14,15,16). The molecular weight excluding hydrogens is 232 g/mol. The van der Waals surface area contributed by atoms with Gasteiger partial charge in [-0.1, -0.05) is 6.92 Å². The van der Waals surface area contributed by atoms with Gasteiger partial charge in [0.2, 0.25) is 5.82 Å². The topological polar surface area (TPSA) is 88.5 Å². The second-order valence-corrected chi connectivity index (χ2v) is 3.88. The Bertz CT molecular complexity index is 489. The second kappa shape index (κ2) is 5.95. The molecule has 0 saturated heterocycles. The third-order valence-corrected chi connectivity index (χ3v) is 2.41. The van der Waals surface area contributed by atoms with Crippen LogP contribution >= 0.6 is 0 Å². The highest BCUT2D eigenvalue weighted by atomic mass is 16.2. The number of aryl methyl sites for hydroxylation is 1. The molecule has 96 valence electrons. The first-order valence-corrected chi connectivity index (χ1v) is 5.96. The molecule has 0 fully saturated rings. The number of hydrogen-bond acceptors (Lipinski definition) is 4. The molecule has 0 bridgehead atoms. The number of carbonyl (C=O) groups excluding carboxylic acids is 1. The number of rotatable bonds is 6. The van der Waals surface area contributed by atoms with Crippen molar-refractivity contribution in [3.8, 4) is 0 Å². The van der Waals surface area contributed by atoms with Crippen LogP contribution in [-0.2, 0) is 13.0 Å². The highest BCUT2D eigenvalue weighted by Crippen LogP contribution is 1.96. The molecule has 0 spiro atoms. The van der Waals surface area contributed by atoms with Gasteiger partial charge in [0.1, 0.15) is 5.82 Å². The number of nitrogens with zero attached hydrogens (tertiary/aromatic N) is 4. The molecule has 1 amide bonds. The summed E-state index contributed by atoms with van der Waals surface area (Å²) in [5.74, 6) is 0.675. The third kappa shape index (κ3) is 3.16. The molecule has 2 aromatic rings. The zero-order valence-electron chi connectivity index (χ0n) is 10.3. The number of nitrogens with one attached hydrogen (secondary N) is 2. The van der Waals surface area contributed by atoms with E-state index < -0.39 is 0 Å². The minimum absolute atomic E-state index is 0.193. The highest BCUT2D eigenvalue weighted by Gasteiger charge is 2.11. The molecule has 0 saturated carbocycles. The lowest BCUT2D eigenvalue weighted by Crippen LogP contribution is -2.28. The van der Waals surface area contributed by atoms with Gasteiger partial charge in [0.05, 0.1) is 6.54 Å². The van der Waals surface area contributed by atoms with E-state index in [0.717, 1.165) is 18.7 Å². The van der Waals surface area contributed by atoms with Gasteiger partial charge in [-0.15, -0.1) is 5.10 Å². The lowest BCUT2D eigenvalue weighted by Gasteiger charge is -2.02. The zero-order chi connectivity index (χ0) is 12.8. The van der Waals surface area contributed by atoms with Crippen LogP contribution in [0.3, 0.4) is 0 Å². The van der Waals surface area contributed by atoms with Crippen molar-refractivity contribution in [2.45, 2.75) is 26.3 Å². The molecule has 0 unspecified atom stereocenters. The molecule has 2 rings (SSSR count). The first kappa shape index (κ1) is 12.3. The molecule has 0 atom stereocenters. The number of carbonyl (C=O) groups is 1. The van der Waals surface area contributed by atoms with E-state index in [1.165, 1.54) is 0 Å². The van der Waals surface area contributed by atoms with Crippen molar-refractivity contribution in [3.63, 3.8) is 0 Å². The zero-order valence-corrected chi connectivity index (χ0v) is 10.3. The van der Waals surface area contributed by atoms with Gasteiger partial charge in [0, 0.05) is 25.4 Å². The summed E-state index contributed by atoms with van der Waals surface area (Å²) in [6, 6.07) is 1.84. The Morgan fingerprint density at radius 2 is 2.44 bits per heavy atom. The Morgan fingerprint density at radius 3 is 3.17 bits per heavy atom. The van der Waals surface area contributed by atoms with Gasteiger partial charge in [-0.05, 0) is 12.5 Å². The van der Waals surface area contributed by atoms with Crippen molar-refractivity contribution in [1.82, 2.24) is 30.3 Å². The maximum Gasteiger partial charge on any atom is 0.291 e. The van der Waals surface area contributed by atoms with Crippen molar-refractivity contribution < 1.29 is 4.79 Å². The fourth-order valence-corrected chi connectivity index (χ4v) is 1.54. The van der Waals surface area contributed by atoms with Crippen LogP contribution in [0.1, 0.15) is 29.8 Å². The van der Waals surface area contributed by atoms with Crippen molar-refractivity contribution in [2.75, 3.05) is 6.54 Å². The average Bonchev–Trinajstić information content (AvgIpc) is 3.00. The average molecular weight is 248 g/mol. The maximum atomic E-state index is 11.7. The van der Waals surface area contributed by atoms with Crippen molar-refractivity contribution in [1.29, 1.82) is 0 Å². The summed E-state index contributed by atoms with van der Waals surface area (Å²) in [4.78, 5) is 15.8. The van der Waals surface area contributed by atoms with Crippen LogP contribution in [0.4, 0.5) is 0 Å². The molecule has 7 nitrogen and oxygen atoms in total. The Kier molecular flexibility index (Phi) is 4.06. The molecule has 2 N–H and O–H groups in total. The summed E-state index contributed by atoms with van der Waals surface area (Å²) < 4.78 is 1.75. The Labute approximate surface area is 105 Å². The van der Waals surface area contributed by atoms with Crippen LogP contribution in [0.2, 0.25) is 0 Å². The monoisotopic (exact) mass is 248 g/mol. The molecule has 0 aliphatic carbocycles. The summed E-state index contributed by atoms with van der Waals surface area (Å²) in [5.41, 5.74) is 0. The molecule has 0 aliphatic heterocycles. The fraction of sp³-hybridized carbons (Fsp3) is 0.455. The summed E-state index contributed by atoms with van der Waals surface area (Å²) in [6.07, 6.45) is 5.32. The van der Waals surface area contributed by atoms with Crippen LogP contribution in [0.25, 0.3) is 0 Å². The lowest BCUT2D eigenvalue weighted by molar-refractivity contribution is 0.0942. The fourth-order valence-electron chi connectivity index (χ4n) is 1.54. The highest BCUT2D eigenvalue weighted by molar-refractivity contribution is 5.90. The molecule has 2 heterocycles. The van der Waals surface area contributed by atoms with Gasteiger partial charge < -0.3 is 5.32 Å². The van der Waals surface area contributed by atoms with Gasteiger partial charge in [-0.3, -0.25) is 14.6 Å². The van der Waals surface area contributed by atoms with E-state index in [0.29, 0.717) is 13.1 Å². The quantitative estimate of drug-likeness (QED) is 0.773. The van der Waals surface area contributed by atoms with E-state index in [2.05, 4.69) is 25.6 Å². The molecule has 0 aromatic carbocycles. The summed E-state index contributed by atoms with van der Waals surface area (Å²) in [6.45, 7) is 3.18. The number of amides is 1. The molecule has 18 heavy (non-hydrogen) atoms. The van der Waals surface area contributed by atoms with Crippen LogP contribution in [0, 0.1) is 0 Å². The minimum atomic E-state index is -0.263. The smallest absolute Gasteiger partial charge is 0.291 e. The first-order chi connectivity index (χ1) is 8.79. The van der Waals surface area contributed by atoms with E-state index in [9.17, 15) is 4.79 Å². The lowest BCUT2D eigenvalue weighted by atomic mass is 10.3. The van der Waals surface area contributed by atoms with Crippen LogP contribution in [-0.4, -0.2) is 37.4 Å². The first-order valence-electron chi connectivity index (χ1n) is 5.96. The minimum Gasteiger partial charge on any atom is -0.347 e. The van der Waals surface area contributed by atoms with Gasteiger partial charge in [-0.2, -0.15) is 5.10 Å². The van der Waals surface area contributed by atoms with Gasteiger partial charge in [0.15, 0.2) is 0 Å². The predicted octanol–water partition coefficient (Wildman–Crippen LogP) is 0.384. The number of H-pyrrole nitrogens is 1. The van der Waals surface area contributed by atoms with E-state index in [4.69, 9.17) is 0 Å². The summed E-state index contributed by atoms with van der Waals surface area (Å²) >= 11 is 0. The van der Waals surface area contributed by atoms with Gasteiger partial charge in [0.25, 0.3) is 5.91 Å². The van der Waals surface area contributed by atoms with E-state index in [1.807, 2.05) is 19.2 Å². The SMILES string of the molecule is CCCc1nc(C(=O)NCCn2cccn2)n[nH]1. The molecule has 0 aliphatic rings. The van der Waals surface area contributed by atoms with Crippen molar-refractivity contribution >= 4 is 5.91 Å². The van der Waals surface area contributed by atoms with Crippen LogP contribution in [0.15, 0.2) is 18.5 Å². The van der Waals surface area contributed by atoms with Gasteiger partial charge >= 0.3 is 0 Å². The maximum absolute atomic E-state index is 11.7. The molecule has 7 heteroatoms. The Morgan fingerprint density at radius 1 is 1.56 bits per heavy atom. The van der Waals surface area contributed by atoms with E-state index >= 15 is 0 Å². The van der Waals surface area contributed by atoms with Crippen molar-refractivity contribution in [3.05, 3.63) is 30.1 Å². The van der Waals surface area contributed by atoms with Gasteiger partial charge in [-0.25, -0.2) is 4.98 Å². The molecular formula is C11H16N6O. The van der Waals surface area contributed by atoms with E-state index in [1.54, 1.807) is 10.9 Å². The molecule has 0 radical (unpaired) electrons. The predicted molar refractivity (Wildman–Crippen MR) is 64.9 cm³/mol. The number of aromatic nitrogens is 5. The summed E-state index contributed by atoms with van der Waals surface area (Å²) in [7, 11) is 0. The van der Waals surface area contributed by atoms with E-state index in [-0.39, 0.29) is 11.7 Å².